The number of aryl methyl sites for hydroxylation is 1. The molecule has 2 fully saturated rings. The molecule has 1 aliphatic carbocycles. The molecule has 4 rings (SSSR count). The van der Waals surface area contributed by atoms with Gasteiger partial charge >= 0.3 is 0 Å². The summed E-state index contributed by atoms with van der Waals surface area (Å²) in [5, 5.41) is 0. The summed E-state index contributed by atoms with van der Waals surface area (Å²) in [6, 6.07) is 0.357. The molecule has 7 heteroatoms. The summed E-state index contributed by atoms with van der Waals surface area (Å²) in [4.78, 5) is 40.6. The molecule has 1 aromatic heterocycles. The zero-order valence-electron chi connectivity index (χ0n) is 16.6. The Kier molecular flexibility index (Phi) is 4.78. The molecule has 3 aliphatic rings. The molecule has 1 aromatic rings. The molecule has 2 aliphatic heterocycles. The Hall–Kier alpha value is -2.18. The van der Waals surface area contributed by atoms with Gasteiger partial charge in [-0.3, -0.25) is 9.59 Å². The molecule has 27 heavy (non-hydrogen) atoms. The van der Waals surface area contributed by atoms with Gasteiger partial charge in [-0.05, 0) is 26.2 Å². The Morgan fingerprint density at radius 3 is 2.63 bits per heavy atom. The van der Waals surface area contributed by atoms with E-state index in [1.807, 2.05) is 35.7 Å². The van der Waals surface area contributed by atoms with Crippen molar-refractivity contribution in [1.29, 1.82) is 0 Å². The van der Waals surface area contributed by atoms with Gasteiger partial charge in [-0.2, -0.15) is 0 Å². The number of fused-ring (bicyclic) bond motifs is 1. The second-order valence-electron chi connectivity index (χ2n) is 8.31. The number of hydrogen-bond donors (Lipinski definition) is 0. The van der Waals surface area contributed by atoms with Gasteiger partial charge in [-0.25, -0.2) is 9.97 Å². The number of hydrogen-bond acceptors (Lipinski definition) is 5. The Morgan fingerprint density at radius 2 is 1.93 bits per heavy atom. The van der Waals surface area contributed by atoms with E-state index in [9.17, 15) is 9.59 Å². The topological polar surface area (TPSA) is 69.6 Å². The van der Waals surface area contributed by atoms with E-state index in [-0.39, 0.29) is 17.7 Å². The summed E-state index contributed by atoms with van der Waals surface area (Å²) in [5.74, 6) is 1.75. The maximum Gasteiger partial charge on any atom is 0.228 e. The highest BCUT2D eigenvalue weighted by molar-refractivity contribution is 5.89. The fraction of sp³-hybridized carbons (Fsp3) is 0.700. The lowest BCUT2D eigenvalue weighted by Crippen LogP contribution is -2.42. The number of amides is 2. The van der Waals surface area contributed by atoms with Crippen LogP contribution in [0.1, 0.15) is 49.2 Å². The molecule has 3 heterocycles. The second kappa shape index (κ2) is 7.09. The summed E-state index contributed by atoms with van der Waals surface area (Å²) >= 11 is 0. The highest BCUT2D eigenvalue weighted by Crippen LogP contribution is 2.32. The standard InChI is InChI=1S/C20H29N5O2/c1-13-21-17-12-24(9-8-16(17)19(22-13)23(2)3)20(27)14-10-18(26)25(11-14)15-6-4-5-7-15/h14-15H,4-12H2,1-3H3/t14-/m1/s1. The first-order chi connectivity index (χ1) is 12.9. The lowest BCUT2D eigenvalue weighted by atomic mass is 10.0. The van der Waals surface area contributed by atoms with E-state index in [0.717, 1.165) is 42.2 Å². The first-order valence-electron chi connectivity index (χ1n) is 10.1. The van der Waals surface area contributed by atoms with E-state index in [4.69, 9.17) is 0 Å². The zero-order chi connectivity index (χ0) is 19.1. The Balaban J connectivity index is 1.48. The van der Waals surface area contributed by atoms with Crippen LogP contribution < -0.4 is 4.90 Å². The van der Waals surface area contributed by atoms with Crippen LogP contribution in [0.15, 0.2) is 0 Å². The minimum Gasteiger partial charge on any atom is -0.362 e. The quantitative estimate of drug-likeness (QED) is 0.806. The number of rotatable bonds is 3. The highest BCUT2D eigenvalue weighted by Gasteiger charge is 2.40. The second-order valence-corrected chi connectivity index (χ2v) is 8.31. The molecule has 0 radical (unpaired) electrons. The predicted octanol–water partition coefficient (Wildman–Crippen LogP) is 1.53. The third-order valence-electron chi connectivity index (χ3n) is 6.16. The van der Waals surface area contributed by atoms with E-state index in [1.165, 1.54) is 12.8 Å². The summed E-state index contributed by atoms with van der Waals surface area (Å²) < 4.78 is 0. The van der Waals surface area contributed by atoms with Crippen molar-refractivity contribution in [2.24, 2.45) is 5.92 Å². The van der Waals surface area contributed by atoms with Crippen LogP contribution >= 0.6 is 0 Å². The van der Waals surface area contributed by atoms with Crippen molar-refractivity contribution in [3.63, 3.8) is 0 Å². The Labute approximate surface area is 160 Å². The molecule has 0 bridgehead atoms. The fourth-order valence-corrected chi connectivity index (χ4v) is 4.81. The van der Waals surface area contributed by atoms with Crippen molar-refractivity contribution in [3.05, 3.63) is 17.1 Å². The molecule has 0 aromatic carbocycles. The third kappa shape index (κ3) is 3.39. The first kappa shape index (κ1) is 18.2. The molecule has 0 unspecified atom stereocenters. The van der Waals surface area contributed by atoms with Crippen molar-refractivity contribution in [2.45, 2.75) is 58.0 Å². The van der Waals surface area contributed by atoms with Crippen LogP contribution in [0.4, 0.5) is 5.82 Å². The van der Waals surface area contributed by atoms with Gasteiger partial charge in [0.2, 0.25) is 11.8 Å². The van der Waals surface area contributed by atoms with Gasteiger partial charge in [0.25, 0.3) is 0 Å². The Bertz CT molecular complexity index is 757. The van der Waals surface area contributed by atoms with Crippen molar-refractivity contribution in [1.82, 2.24) is 19.8 Å². The highest BCUT2D eigenvalue weighted by atomic mass is 16.2. The van der Waals surface area contributed by atoms with Crippen molar-refractivity contribution in [2.75, 3.05) is 32.1 Å². The van der Waals surface area contributed by atoms with Crippen LogP contribution in [0.2, 0.25) is 0 Å². The van der Waals surface area contributed by atoms with Gasteiger partial charge in [-0.15, -0.1) is 0 Å². The van der Waals surface area contributed by atoms with Gasteiger partial charge in [0.1, 0.15) is 11.6 Å². The molecule has 1 saturated heterocycles. The van der Waals surface area contributed by atoms with Crippen LogP contribution in [0.3, 0.4) is 0 Å². The lowest BCUT2D eigenvalue weighted by molar-refractivity contribution is -0.136. The van der Waals surface area contributed by atoms with Crippen LogP contribution in [0.5, 0.6) is 0 Å². The molecular weight excluding hydrogens is 342 g/mol. The minimum atomic E-state index is -0.198. The molecular formula is C20H29N5O2. The smallest absolute Gasteiger partial charge is 0.228 e. The molecule has 7 nitrogen and oxygen atoms in total. The number of nitrogens with zero attached hydrogens (tertiary/aromatic N) is 5. The number of carbonyl (C=O) groups is 2. The largest absolute Gasteiger partial charge is 0.362 e. The van der Waals surface area contributed by atoms with E-state index < -0.39 is 0 Å². The van der Waals surface area contributed by atoms with E-state index in [1.54, 1.807) is 0 Å². The van der Waals surface area contributed by atoms with Crippen LogP contribution in [0, 0.1) is 12.8 Å². The monoisotopic (exact) mass is 371 g/mol. The summed E-state index contributed by atoms with van der Waals surface area (Å²) in [6.07, 6.45) is 5.71. The Morgan fingerprint density at radius 1 is 1.19 bits per heavy atom. The third-order valence-corrected chi connectivity index (χ3v) is 6.16. The van der Waals surface area contributed by atoms with Gasteiger partial charge in [0.05, 0.1) is 18.2 Å². The van der Waals surface area contributed by atoms with Crippen LogP contribution in [-0.2, 0) is 22.6 Å². The van der Waals surface area contributed by atoms with Gasteiger partial charge in [0, 0.05) is 45.2 Å². The summed E-state index contributed by atoms with van der Waals surface area (Å²) in [6.45, 7) is 3.68. The minimum absolute atomic E-state index is 0.108. The number of carbonyl (C=O) groups excluding carboxylic acids is 2. The SMILES string of the molecule is Cc1nc2c(c(N(C)C)n1)CCN(C(=O)[C@@H]1CC(=O)N(C3CCCC3)C1)C2. The normalized spacial score (nSPS) is 23.1. The maximum absolute atomic E-state index is 13.1. The summed E-state index contributed by atoms with van der Waals surface area (Å²) in [5.41, 5.74) is 2.09. The summed E-state index contributed by atoms with van der Waals surface area (Å²) in [7, 11) is 3.97. The number of likely N-dealkylation sites (tertiary alicyclic amines) is 1. The fourth-order valence-electron chi connectivity index (χ4n) is 4.81. The van der Waals surface area contributed by atoms with Crippen LogP contribution in [0.25, 0.3) is 0 Å². The maximum atomic E-state index is 13.1. The number of anilines is 1. The van der Waals surface area contributed by atoms with Crippen LogP contribution in [-0.4, -0.2) is 64.8 Å². The molecule has 1 saturated carbocycles. The van der Waals surface area contributed by atoms with Gasteiger partial charge in [-0.1, -0.05) is 12.8 Å². The van der Waals surface area contributed by atoms with E-state index in [2.05, 4.69) is 9.97 Å². The molecule has 0 N–H and O–H groups in total. The number of aromatic nitrogens is 2. The lowest BCUT2D eigenvalue weighted by Gasteiger charge is -2.32. The van der Waals surface area contributed by atoms with E-state index in [0.29, 0.717) is 32.1 Å². The zero-order valence-corrected chi connectivity index (χ0v) is 16.6. The van der Waals surface area contributed by atoms with Gasteiger partial charge < -0.3 is 14.7 Å². The molecule has 1 atom stereocenters. The first-order valence-corrected chi connectivity index (χ1v) is 10.1. The van der Waals surface area contributed by atoms with Crippen molar-refractivity contribution >= 4 is 17.6 Å². The van der Waals surface area contributed by atoms with E-state index >= 15 is 0 Å². The molecule has 146 valence electrons. The van der Waals surface area contributed by atoms with Crippen molar-refractivity contribution < 1.29 is 9.59 Å². The van der Waals surface area contributed by atoms with Crippen molar-refractivity contribution in [3.8, 4) is 0 Å². The molecule has 0 spiro atoms. The predicted molar refractivity (Wildman–Crippen MR) is 102 cm³/mol. The average molecular weight is 371 g/mol. The molecule has 2 amide bonds. The van der Waals surface area contributed by atoms with Gasteiger partial charge in [0.15, 0.2) is 0 Å². The average Bonchev–Trinajstić information content (AvgIpc) is 3.29.